The third-order valence-corrected chi connectivity index (χ3v) is 2.19. The van der Waals surface area contributed by atoms with Crippen LogP contribution >= 0.6 is 0 Å². The van der Waals surface area contributed by atoms with Crippen molar-refractivity contribution in [3.05, 3.63) is 35.4 Å². The molecule has 1 rings (SSSR count). The summed E-state index contributed by atoms with van der Waals surface area (Å²) in [6.07, 6.45) is -4.70. The van der Waals surface area contributed by atoms with E-state index in [2.05, 4.69) is 0 Å². The summed E-state index contributed by atoms with van der Waals surface area (Å²) in [5.74, 6) is -3.40. The largest absolute Gasteiger partial charge is 0.406 e. The Morgan fingerprint density at radius 3 is 2.42 bits per heavy atom. The lowest BCUT2D eigenvalue weighted by molar-refractivity contribution is -0.141. The Kier molecular flexibility index (Phi) is 4.82. The molecular formula is C11H10F5NO2. The van der Waals surface area contributed by atoms with Crippen LogP contribution in [0.3, 0.4) is 0 Å². The molecule has 0 spiro atoms. The van der Waals surface area contributed by atoms with Gasteiger partial charge < -0.3 is 10.0 Å². The molecule has 19 heavy (non-hydrogen) atoms. The molecule has 0 saturated carbocycles. The van der Waals surface area contributed by atoms with E-state index in [1.807, 2.05) is 0 Å². The first-order chi connectivity index (χ1) is 8.74. The van der Waals surface area contributed by atoms with Gasteiger partial charge in [0.05, 0.1) is 12.2 Å². The van der Waals surface area contributed by atoms with Crippen molar-refractivity contribution in [3.63, 3.8) is 0 Å². The van der Waals surface area contributed by atoms with Crippen molar-refractivity contribution in [2.45, 2.75) is 6.18 Å². The summed E-state index contributed by atoms with van der Waals surface area (Å²) in [6, 6.07) is 1.90. The first kappa shape index (κ1) is 15.4. The molecule has 1 aromatic rings. The molecule has 8 heteroatoms. The highest BCUT2D eigenvalue weighted by Gasteiger charge is 2.33. The van der Waals surface area contributed by atoms with Crippen molar-refractivity contribution in [2.24, 2.45) is 0 Å². The topological polar surface area (TPSA) is 40.5 Å². The molecule has 1 amide bonds. The van der Waals surface area contributed by atoms with Gasteiger partial charge in [-0.1, -0.05) is 0 Å². The molecule has 0 radical (unpaired) electrons. The van der Waals surface area contributed by atoms with E-state index < -0.39 is 49.0 Å². The number of rotatable bonds is 4. The van der Waals surface area contributed by atoms with Crippen molar-refractivity contribution in [3.8, 4) is 0 Å². The van der Waals surface area contributed by atoms with Crippen molar-refractivity contribution < 1.29 is 31.9 Å². The quantitative estimate of drug-likeness (QED) is 0.858. The molecular weight excluding hydrogens is 273 g/mol. The second-order valence-electron chi connectivity index (χ2n) is 3.69. The number of aliphatic hydroxyl groups is 1. The average molecular weight is 283 g/mol. The molecule has 0 atom stereocenters. The van der Waals surface area contributed by atoms with E-state index in [0.717, 1.165) is 6.07 Å². The standard InChI is InChI=1S/C11H10F5NO2/c12-7-1-2-9(13)8(5-7)10(19)17(3-4-18)6-11(14,15)16/h1-2,5,18H,3-4,6H2. The zero-order valence-corrected chi connectivity index (χ0v) is 9.55. The second kappa shape index (κ2) is 5.96. The van der Waals surface area contributed by atoms with Gasteiger partial charge in [0.25, 0.3) is 5.91 Å². The van der Waals surface area contributed by atoms with E-state index in [9.17, 15) is 26.7 Å². The third kappa shape index (κ3) is 4.47. The van der Waals surface area contributed by atoms with Gasteiger partial charge in [0.1, 0.15) is 18.2 Å². The highest BCUT2D eigenvalue weighted by molar-refractivity contribution is 5.94. The zero-order chi connectivity index (χ0) is 14.6. The van der Waals surface area contributed by atoms with Crippen molar-refractivity contribution in [1.82, 2.24) is 4.90 Å². The molecule has 0 aromatic heterocycles. The SMILES string of the molecule is O=C(c1cc(F)ccc1F)N(CCO)CC(F)(F)F. The summed E-state index contributed by atoms with van der Waals surface area (Å²) in [5, 5.41) is 8.62. The molecule has 0 aliphatic heterocycles. The lowest BCUT2D eigenvalue weighted by Gasteiger charge is -2.23. The Morgan fingerprint density at radius 1 is 1.26 bits per heavy atom. The highest BCUT2D eigenvalue weighted by Crippen LogP contribution is 2.19. The Bertz CT molecular complexity index is 461. The summed E-state index contributed by atoms with van der Waals surface area (Å²) in [6.45, 7) is -3.00. The van der Waals surface area contributed by atoms with Crippen LogP contribution < -0.4 is 0 Å². The van der Waals surface area contributed by atoms with E-state index in [1.165, 1.54) is 0 Å². The fourth-order valence-electron chi connectivity index (χ4n) is 1.42. The zero-order valence-electron chi connectivity index (χ0n) is 9.55. The number of halogens is 5. The van der Waals surface area contributed by atoms with Crippen LogP contribution in [-0.4, -0.2) is 41.8 Å². The molecule has 0 saturated heterocycles. The van der Waals surface area contributed by atoms with Crippen molar-refractivity contribution in [2.75, 3.05) is 19.7 Å². The van der Waals surface area contributed by atoms with Crippen molar-refractivity contribution in [1.29, 1.82) is 0 Å². The summed E-state index contributed by atoms with van der Waals surface area (Å²) < 4.78 is 62.9. The fraction of sp³-hybridized carbons (Fsp3) is 0.364. The molecule has 106 valence electrons. The second-order valence-corrected chi connectivity index (χ2v) is 3.69. The first-order valence-electron chi connectivity index (χ1n) is 5.16. The summed E-state index contributed by atoms with van der Waals surface area (Å²) in [5.41, 5.74) is -0.808. The van der Waals surface area contributed by atoms with Gasteiger partial charge in [-0.3, -0.25) is 4.79 Å². The molecule has 1 aromatic carbocycles. The molecule has 0 unspecified atom stereocenters. The third-order valence-electron chi connectivity index (χ3n) is 2.19. The highest BCUT2D eigenvalue weighted by atomic mass is 19.4. The van der Waals surface area contributed by atoms with Gasteiger partial charge in [0.15, 0.2) is 0 Å². The molecule has 0 fully saturated rings. The lowest BCUT2D eigenvalue weighted by Crippen LogP contribution is -2.41. The smallest absolute Gasteiger partial charge is 0.395 e. The molecule has 0 aliphatic carbocycles. The lowest BCUT2D eigenvalue weighted by atomic mass is 10.1. The number of aliphatic hydroxyl groups excluding tert-OH is 1. The van der Waals surface area contributed by atoms with Crippen LogP contribution in [0.4, 0.5) is 22.0 Å². The van der Waals surface area contributed by atoms with Crippen LogP contribution in [0.5, 0.6) is 0 Å². The minimum atomic E-state index is -4.70. The number of carbonyl (C=O) groups is 1. The number of carbonyl (C=O) groups excluding carboxylic acids is 1. The molecule has 0 aliphatic rings. The Morgan fingerprint density at radius 2 is 1.89 bits per heavy atom. The maximum atomic E-state index is 13.3. The Hall–Kier alpha value is -1.70. The minimum Gasteiger partial charge on any atom is -0.395 e. The van der Waals surface area contributed by atoms with Crippen LogP contribution in [-0.2, 0) is 0 Å². The summed E-state index contributed by atoms with van der Waals surface area (Å²) in [4.78, 5) is 11.9. The number of amides is 1. The van der Waals surface area contributed by atoms with Crippen molar-refractivity contribution >= 4 is 5.91 Å². The number of hydrogen-bond donors (Lipinski definition) is 1. The van der Waals surface area contributed by atoms with E-state index >= 15 is 0 Å². The normalized spacial score (nSPS) is 11.5. The van der Waals surface area contributed by atoms with E-state index in [1.54, 1.807) is 0 Å². The van der Waals surface area contributed by atoms with Gasteiger partial charge in [0.2, 0.25) is 0 Å². The van der Waals surface area contributed by atoms with Crippen LogP contribution in [0, 0.1) is 11.6 Å². The number of benzene rings is 1. The fourth-order valence-corrected chi connectivity index (χ4v) is 1.42. The molecule has 1 N–H and O–H groups in total. The average Bonchev–Trinajstić information content (AvgIpc) is 2.29. The summed E-state index contributed by atoms with van der Waals surface area (Å²) >= 11 is 0. The van der Waals surface area contributed by atoms with Crippen LogP contribution in [0.2, 0.25) is 0 Å². The van der Waals surface area contributed by atoms with Gasteiger partial charge >= 0.3 is 6.18 Å². The number of hydrogen-bond acceptors (Lipinski definition) is 2. The number of alkyl halides is 3. The molecule has 3 nitrogen and oxygen atoms in total. The van der Waals surface area contributed by atoms with Crippen LogP contribution in [0.1, 0.15) is 10.4 Å². The van der Waals surface area contributed by atoms with Gasteiger partial charge in [-0.25, -0.2) is 8.78 Å². The number of nitrogens with zero attached hydrogens (tertiary/aromatic N) is 1. The predicted molar refractivity (Wildman–Crippen MR) is 55.4 cm³/mol. The molecule has 0 bridgehead atoms. The van der Waals surface area contributed by atoms with Gasteiger partial charge in [-0.15, -0.1) is 0 Å². The predicted octanol–water partition coefficient (Wildman–Crippen LogP) is 1.96. The van der Waals surface area contributed by atoms with E-state index in [0.29, 0.717) is 12.1 Å². The maximum absolute atomic E-state index is 13.3. The van der Waals surface area contributed by atoms with E-state index in [-0.39, 0.29) is 4.90 Å². The van der Waals surface area contributed by atoms with Crippen LogP contribution in [0.25, 0.3) is 0 Å². The molecule has 0 heterocycles. The van der Waals surface area contributed by atoms with Crippen LogP contribution in [0.15, 0.2) is 18.2 Å². The van der Waals surface area contributed by atoms with Gasteiger partial charge in [-0.2, -0.15) is 13.2 Å². The van der Waals surface area contributed by atoms with E-state index in [4.69, 9.17) is 5.11 Å². The van der Waals surface area contributed by atoms with Gasteiger partial charge in [-0.05, 0) is 18.2 Å². The summed E-state index contributed by atoms with van der Waals surface area (Å²) in [7, 11) is 0. The first-order valence-corrected chi connectivity index (χ1v) is 5.16. The Balaban J connectivity index is 3.02. The minimum absolute atomic E-state index is 0.206. The van der Waals surface area contributed by atoms with Gasteiger partial charge in [0, 0.05) is 6.54 Å². The maximum Gasteiger partial charge on any atom is 0.406 e. The monoisotopic (exact) mass is 283 g/mol. The Labute approximate surface area is 105 Å².